The van der Waals surface area contributed by atoms with E-state index in [0.29, 0.717) is 25.7 Å². The van der Waals surface area contributed by atoms with E-state index in [-0.39, 0.29) is 30.5 Å². The number of carbonyl (C=O) groups is 2. The fourth-order valence-electron chi connectivity index (χ4n) is 3.00. The Morgan fingerprint density at radius 2 is 2.04 bits per heavy atom. The summed E-state index contributed by atoms with van der Waals surface area (Å²) in [6.45, 7) is 2.02. The van der Waals surface area contributed by atoms with E-state index in [2.05, 4.69) is 0 Å². The normalized spacial score (nSPS) is 25.6. The van der Waals surface area contributed by atoms with Crippen LogP contribution in [0.4, 0.5) is 0 Å². The van der Waals surface area contributed by atoms with Gasteiger partial charge in [-0.3, -0.25) is 9.59 Å². The average Bonchev–Trinajstić information content (AvgIpc) is 2.82. The monoisotopic (exact) mass is 350 g/mol. The number of ketones is 1. The predicted octanol–water partition coefficient (Wildman–Crippen LogP) is 3.03. The summed E-state index contributed by atoms with van der Waals surface area (Å²) in [4.78, 5) is 22.5. The largest absolute Gasteiger partial charge is 0.481 e. The maximum absolute atomic E-state index is 12.1. The van der Waals surface area contributed by atoms with E-state index in [1.807, 2.05) is 31.2 Å². The molecule has 1 saturated carbocycles. The van der Waals surface area contributed by atoms with E-state index in [1.165, 1.54) is 0 Å². The number of hydrogen-bond acceptors (Lipinski definition) is 4. The fourth-order valence-corrected chi connectivity index (χ4v) is 3.00. The minimum atomic E-state index is -0.803. The minimum Gasteiger partial charge on any atom is -0.481 e. The number of rotatable bonds is 11. The number of allylic oxidation sites excluding steroid dienone is 4. The van der Waals surface area contributed by atoms with E-state index >= 15 is 0 Å². The van der Waals surface area contributed by atoms with Crippen LogP contribution in [0.15, 0.2) is 36.5 Å². The summed E-state index contributed by atoms with van der Waals surface area (Å²) in [6, 6.07) is 0. The van der Waals surface area contributed by atoms with E-state index in [4.69, 9.17) is 5.11 Å². The lowest BCUT2D eigenvalue weighted by Crippen LogP contribution is -2.19. The maximum Gasteiger partial charge on any atom is 0.303 e. The molecular formula is C20H30O5. The van der Waals surface area contributed by atoms with E-state index in [1.54, 1.807) is 12.2 Å². The van der Waals surface area contributed by atoms with Crippen molar-refractivity contribution in [1.29, 1.82) is 0 Å². The van der Waals surface area contributed by atoms with Gasteiger partial charge in [0.25, 0.3) is 0 Å². The summed E-state index contributed by atoms with van der Waals surface area (Å²) in [6.07, 6.45) is 13.4. The van der Waals surface area contributed by atoms with Gasteiger partial charge in [-0.25, -0.2) is 0 Å². The Hall–Kier alpha value is -1.72. The molecule has 1 aliphatic rings. The second-order valence-corrected chi connectivity index (χ2v) is 6.49. The van der Waals surface area contributed by atoms with Crippen molar-refractivity contribution in [3.8, 4) is 0 Å². The smallest absolute Gasteiger partial charge is 0.303 e. The van der Waals surface area contributed by atoms with Crippen molar-refractivity contribution in [1.82, 2.24) is 0 Å². The van der Waals surface area contributed by atoms with Crippen LogP contribution in [0.2, 0.25) is 0 Å². The molecule has 0 radical (unpaired) electrons. The molecule has 1 rings (SSSR count). The Morgan fingerprint density at radius 1 is 1.28 bits per heavy atom. The number of carbonyl (C=O) groups excluding carboxylic acids is 1. The topological polar surface area (TPSA) is 94.8 Å². The number of hydrogen-bond donors (Lipinski definition) is 3. The van der Waals surface area contributed by atoms with Crippen LogP contribution in [0.1, 0.15) is 51.9 Å². The first kappa shape index (κ1) is 21.3. The zero-order valence-electron chi connectivity index (χ0n) is 14.9. The Balaban J connectivity index is 2.52. The standard InChI is InChI=1S/C20H30O5/c1-2-3-6-9-15(21)12-13-17-16(18(22)14-19(17)23)10-7-4-5-8-11-20(24)25/h3-4,6-7,12-13,15-18,21-22H,2,5,8-11,14H2,1H3,(H,24,25)/b6-3+,7-4-,13-12+/t15-,16+,17+,18-/m0/s1. The van der Waals surface area contributed by atoms with Gasteiger partial charge in [0, 0.05) is 24.7 Å². The third-order valence-electron chi connectivity index (χ3n) is 4.39. The van der Waals surface area contributed by atoms with Crippen LogP contribution in [0, 0.1) is 11.8 Å². The summed E-state index contributed by atoms with van der Waals surface area (Å²) < 4.78 is 0. The molecule has 25 heavy (non-hydrogen) atoms. The summed E-state index contributed by atoms with van der Waals surface area (Å²) >= 11 is 0. The quantitative estimate of drug-likeness (QED) is 0.393. The molecule has 0 aromatic rings. The van der Waals surface area contributed by atoms with Crippen LogP contribution >= 0.6 is 0 Å². The number of unbranched alkanes of at least 4 members (excludes halogenated alkanes) is 1. The van der Waals surface area contributed by atoms with Gasteiger partial charge in [-0.2, -0.15) is 0 Å². The molecule has 0 unspecified atom stereocenters. The zero-order chi connectivity index (χ0) is 18.7. The molecule has 0 aromatic heterocycles. The Bertz CT molecular complexity index is 506. The molecule has 0 aliphatic heterocycles. The molecule has 0 amide bonds. The third-order valence-corrected chi connectivity index (χ3v) is 4.39. The summed E-state index contributed by atoms with van der Waals surface area (Å²) in [5.74, 6) is -1.35. The van der Waals surface area contributed by atoms with Crippen LogP contribution in [-0.2, 0) is 9.59 Å². The first-order valence-electron chi connectivity index (χ1n) is 9.04. The molecule has 0 bridgehead atoms. The van der Waals surface area contributed by atoms with Gasteiger partial charge in [0.2, 0.25) is 0 Å². The molecule has 0 spiro atoms. The van der Waals surface area contributed by atoms with Gasteiger partial charge in [-0.05, 0) is 32.1 Å². The van der Waals surface area contributed by atoms with Gasteiger partial charge in [0.15, 0.2) is 0 Å². The highest BCUT2D eigenvalue weighted by molar-refractivity contribution is 5.86. The maximum atomic E-state index is 12.1. The van der Waals surface area contributed by atoms with Gasteiger partial charge in [-0.15, -0.1) is 0 Å². The van der Waals surface area contributed by atoms with Gasteiger partial charge in [-0.1, -0.05) is 43.4 Å². The molecule has 5 heteroatoms. The highest BCUT2D eigenvalue weighted by Gasteiger charge is 2.39. The van der Waals surface area contributed by atoms with Crippen molar-refractivity contribution in [3.63, 3.8) is 0 Å². The minimum absolute atomic E-state index is 0.00401. The highest BCUT2D eigenvalue weighted by Crippen LogP contribution is 2.33. The van der Waals surface area contributed by atoms with Crippen molar-refractivity contribution in [3.05, 3.63) is 36.5 Å². The summed E-state index contributed by atoms with van der Waals surface area (Å²) in [5, 5.41) is 28.6. The van der Waals surface area contributed by atoms with Crippen molar-refractivity contribution in [2.24, 2.45) is 11.8 Å². The van der Waals surface area contributed by atoms with Crippen LogP contribution < -0.4 is 0 Å². The number of aliphatic hydroxyl groups is 2. The lowest BCUT2D eigenvalue weighted by molar-refractivity contribution is -0.137. The average molecular weight is 350 g/mol. The lowest BCUT2D eigenvalue weighted by Gasteiger charge is -2.17. The molecule has 1 fully saturated rings. The van der Waals surface area contributed by atoms with E-state index in [0.717, 1.165) is 6.42 Å². The Morgan fingerprint density at radius 3 is 2.72 bits per heavy atom. The molecule has 0 saturated heterocycles. The van der Waals surface area contributed by atoms with Crippen molar-refractivity contribution < 1.29 is 24.9 Å². The van der Waals surface area contributed by atoms with Gasteiger partial charge < -0.3 is 15.3 Å². The van der Waals surface area contributed by atoms with Crippen LogP contribution in [-0.4, -0.2) is 39.3 Å². The first-order valence-corrected chi connectivity index (χ1v) is 9.04. The van der Waals surface area contributed by atoms with Crippen molar-refractivity contribution in [2.75, 3.05) is 0 Å². The predicted molar refractivity (Wildman–Crippen MR) is 97.0 cm³/mol. The van der Waals surface area contributed by atoms with Crippen LogP contribution in [0.25, 0.3) is 0 Å². The van der Waals surface area contributed by atoms with Crippen molar-refractivity contribution >= 4 is 11.8 Å². The zero-order valence-corrected chi connectivity index (χ0v) is 14.9. The molecule has 4 atom stereocenters. The number of aliphatic hydroxyl groups excluding tert-OH is 2. The second-order valence-electron chi connectivity index (χ2n) is 6.49. The SMILES string of the molecule is CC/C=C/C[C@H](O)/C=C/[C@H]1C(=O)C[C@H](O)[C@@H]1C/C=C\CCCC(=O)O. The number of aliphatic carboxylic acids is 1. The highest BCUT2D eigenvalue weighted by atomic mass is 16.4. The molecule has 1 aliphatic carbocycles. The number of carboxylic acid groups (broad SMARTS) is 1. The second kappa shape index (κ2) is 11.8. The molecule has 140 valence electrons. The molecular weight excluding hydrogens is 320 g/mol. The molecule has 3 N–H and O–H groups in total. The Labute approximate surface area is 149 Å². The van der Waals surface area contributed by atoms with E-state index < -0.39 is 18.2 Å². The van der Waals surface area contributed by atoms with Crippen LogP contribution in [0.3, 0.4) is 0 Å². The van der Waals surface area contributed by atoms with Crippen molar-refractivity contribution in [2.45, 2.75) is 64.1 Å². The molecule has 0 aromatic carbocycles. The lowest BCUT2D eigenvalue weighted by atomic mass is 9.90. The number of Topliss-reactive ketones (excluding diaryl/α,β-unsaturated/α-hetero) is 1. The number of carboxylic acids is 1. The van der Waals surface area contributed by atoms with Crippen LogP contribution in [0.5, 0.6) is 0 Å². The van der Waals surface area contributed by atoms with Gasteiger partial charge >= 0.3 is 5.97 Å². The Kier molecular flexibility index (Phi) is 10.0. The summed E-state index contributed by atoms with van der Waals surface area (Å²) in [7, 11) is 0. The third kappa shape index (κ3) is 8.27. The van der Waals surface area contributed by atoms with Gasteiger partial charge in [0.1, 0.15) is 5.78 Å². The first-order chi connectivity index (χ1) is 12.0. The molecule has 5 nitrogen and oxygen atoms in total. The summed E-state index contributed by atoms with van der Waals surface area (Å²) in [5.41, 5.74) is 0. The van der Waals surface area contributed by atoms with Gasteiger partial charge in [0.05, 0.1) is 12.2 Å². The molecule has 0 heterocycles. The van der Waals surface area contributed by atoms with E-state index in [9.17, 15) is 19.8 Å². The fraction of sp³-hybridized carbons (Fsp3) is 0.600.